The highest BCUT2D eigenvalue weighted by Crippen LogP contribution is 2.18. The molecule has 0 aliphatic carbocycles. The van der Waals surface area contributed by atoms with Crippen LogP contribution in [0.3, 0.4) is 0 Å². The molecule has 2 aliphatic rings. The summed E-state index contributed by atoms with van der Waals surface area (Å²) in [5, 5.41) is 3.12. The number of nitrogens with zero attached hydrogens (tertiary/aromatic N) is 1. The summed E-state index contributed by atoms with van der Waals surface area (Å²) < 4.78 is 10.7. The van der Waals surface area contributed by atoms with Crippen LogP contribution in [-0.2, 0) is 14.3 Å². The summed E-state index contributed by atoms with van der Waals surface area (Å²) in [7, 11) is 0. The Morgan fingerprint density at radius 1 is 1.09 bits per heavy atom. The first-order valence-electron chi connectivity index (χ1n) is 8.21. The van der Waals surface area contributed by atoms with Gasteiger partial charge in [0.2, 0.25) is 5.91 Å². The van der Waals surface area contributed by atoms with Gasteiger partial charge in [0.05, 0.1) is 0 Å². The van der Waals surface area contributed by atoms with E-state index in [9.17, 15) is 9.59 Å². The SMILES string of the molecule is CC(C)(C)OC(=O)N1CCC(NC(=O)C2CCOCC2)CC1. The predicted molar refractivity (Wildman–Crippen MR) is 82.5 cm³/mol. The number of piperidine rings is 1. The number of ether oxygens (including phenoxy) is 2. The molecule has 126 valence electrons. The highest BCUT2D eigenvalue weighted by atomic mass is 16.6. The van der Waals surface area contributed by atoms with Gasteiger partial charge in [0, 0.05) is 38.3 Å². The van der Waals surface area contributed by atoms with Crippen molar-refractivity contribution in [2.24, 2.45) is 5.92 Å². The molecule has 0 radical (unpaired) electrons. The van der Waals surface area contributed by atoms with Crippen LogP contribution < -0.4 is 5.32 Å². The van der Waals surface area contributed by atoms with Crippen molar-refractivity contribution in [2.45, 2.75) is 58.1 Å². The molecule has 0 aromatic heterocycles. The van der Waals surface area contributed by atoms with E-state index in [0.29, 0.717) is 26.3 Å². The smallest absolute Gasteiger partial charge is 0.410 e. The van der Waals surface area contributed by atoms with Crippen molar-refractivity contribution in [2.75, 3.05) is 26.3 Å². The Morgan fingerprint density at radius 2 is 1.68 bits per heavy atom. The van der Waals surface area contributed by atoms with Crippen LogP contribution in [0.25, 0.3) is 0 Å². The second kappa shape index (κ2) is 7.31. The van der Waals surface area contributed by atoms with Crippen molar-refractivity contribution in [1.82, 2.24) is 10.2 Å². The Bertz CT molecular complexity index is 391. The standard InChI is InChI=1S/C16H28N2O4/c1-16(2,3)22-15(20)18-8-4-13(5-9-18)17-14(19)12-6-10-21-11-7-12/h12-13H,4-11H2,1-3H3,(H,17,19). The van der Waals surface area contributed by atoms with Gasteiger partial charge in [-0.05, 0) is 46.5 Å². The van der Waals surface area contributed by atoms with E-state index >= 15 is 0 Å². The largest absolute Gasteiger partial charge is 0.444 e. The maximum absolute atomic E-state index is 12.2. The molecule has 0 bridgehead atoms. The van der Waals surface area contributed by atoms with E-state index in [1.807, 2.05) is 20.8 Å². The maximum Gasteiger partial charge on any atom is 0.410 e. The number of likely N-dealkylation sites (tertiary alicyclic amines) is 1. The topological polar surface area (TPSA) is 67.9 Å². The van der Waals surface area contributed by atoms with Crippen LogP contribution in [0.5, 0.6) is 0 Å². The number of hydrogen-bond acceptors (Lipinski definition) is 4. The van der Waals surface area contributed by atoms with E-state index in [1.165, 1.54) is 0 Å². The molecule has 22 heavy (non-hydrogen) atoms. The van der Waals surface area contributed by atoms with Gasteiger partial charge in [0.25, 0.3) is 0 Å². The molecule has 6 heteroatoms. The fraction of sp³-hybridized carbons (Fsp3) is 0.875. The first-order valence-corrected chi connectivity index (χ1v) is 8.21. The number of hydrogen-bond donors (Lipinski definition) is 1. The Balaban J connectivity index is 1.72. The van der Waals surface area contributed by atoms with Gasteiger partial charge in [0.1, 0.15) is 5.60 Å². The average molecular weight is 312 g/mol. The van der Waals surface area contributed by atoms with Crippen LogP contribution in [0.15, 0.2) is 0 Å². The fourth-order valence-electron chi connectivity index (χ4n) is 2.81. The van der Waals surface area contributed by atoms with Crippen molar-refractivity contribution < 1.29 is 19.1 Å². The van der Waals surface area contributed by atoms with Crippen LogP contribution >= 0.6 is 0 Å². The summed E-state index contributed by atoms with van der Waals surface area (Å²) in [5.74, 6) is 0.219. The van der Waals surface area contributed by atoms with Crippen LogP contribution in [0, 0.1) is 5.92 Å². The molecular formula is C16H28N2O4. The number of amides is 2. The molecule has 0 unspecified atom stereocenters. The second-order valence-corrected chi connectivity index (χ2v) is 7.14. The average Bonchev–Trinajstić information content (AvgIpc) is 2.47. The van der Waals surface area contributed by atoms with Crippen LogP contribution in [0.4, 0.5) is 4.79 Å². The van der Waals surface area contributed by atoms with Crippen molar-refractivity contribution in [1.29, 1.82) is 0 Å². The van der Waals surface area contributed by atoms with Gasteiger partial charge in [-0.25, -0.2) is 4.79 Å². The van der Waals surface area contributed by atoms with Gasteiger partial charge >= 0.3 is 6.09 Å². The molecule has 0 saturated carbocycles. The second-order valence-electron chi connectivity index (χ2n) is 7.14. The molecular weight excluding hydrogens is 284 g/mol. The molecule has 0 spiro atoms. The van der Waals surface area contributed by atoms with Crippen molar-refractivity contribution in [3.63, 3.8) is 0 Å². The molecule has 0 aromatic rings. The van der Waals surface area contributed by atoms with Gasteiger partial charge in [-0.2, -0.15) is 0 Å². The minimum Gasteiger partial charge on any atom is -0.444 e. The number of carbonyl (C=O) groups excluding carboxylic acids is 2. The van der Waals surface area contributed by atoms with E-state index in [0.717, 1.165) is 25.7 Å². The molecule has 2 heterocycles. The van der Waals surface area contributed by atoms with E-state index in [4.69, 9.17) is 9.47 Å². The van der Waals surface area contributed by atoms with Crippen LogP contribution in [-0.4, -0.2) is 54.8 Å². The summed E-state index contributed by atoms with van der Waals surface area (Å²) in [6.45, 7) is 8.22. The van der Waals surface area contributed by atoms with Gasteiger partial charge < -0.3 is 19.7 Å². The first-order chi connectivity index (χ1) is 10.3. The van der Waals surface area contributed by atoms with Crippen LogP contribution in [0.1, 0.15) is 46.5 Å². The maximum atomic E-state index is 12.2. The van der Waals surface area contributed by atoms with Crippen molar-refractivity contribution in [3.8, 4) is 0 Å². The zero-order valence-electron chi connectivity index (χ0n) is 13.9. The zero-order valence-corrected chi connectivity index (χ0v) is 13.9. The summed E-state index contributed by atoms with van der Waals surface area (Å²) in [5.41, 5.74) is -0.467. The molecule has 2 amide bonds. The van der Waals surface area contributed by atoms with Gasteiger partial charge in [-0.15, -0.1) is 0 Å². The third-order valence-electron chi connectivity index (χ3n) is 4.09. The third-order valence-corrected chi connectivity index (χ3v) is 4.09. The molecule has 0 atom stereocenters. The van der Waals surface area contributed by atoms with E-state index < -0.39 is 5.60 Å². The fourth-order valence-corrected chi connectivity index (χ4v) is 2.81. The summed E-state index contributed by atoms with van der Waals surface area (Å²) in [6.07, 6.45) is 2.93. The number of carbonyl (C=O) groups is 2. The minimum atomic E-state index is -0.467. The van der Waals surface area contributed by atoms with Gasteiger partial charge in [-0.3, -0.25) is 4.79 Å². The summed E-state index contributed by atoms with van der Waals surface area (Å²) >= 11 is 0. The van der Waals surface area contributed by atoms with Crippen LogP contribution in [0.2, 0.25) is 0 Å². The van der Waals surface area contributed by atoms with E-state index in [2.05, 4.69) is 5.32 Å². The van der Waals surface area contributed by atoms with E-state index in [-0.39, 0.29) is 24.0 Å². The molecule has 2 fully saturated rings. The lowest BCUT2D eigenvalue weighted by molar-refractivity contribution is -0.128. The van der Waals surface area contributed by atoms with Crippen molar-refractivity contribution >= 4 is 12.0 Å². The zero-order chi connectivity index (χ0) is 16.2. The highest BCUT2D eigenvalue weighted by Gasteiger charge is 2.29. The molecule has 2 saturated heterocycles. The quantitative estimate of drug-likeness (QED) is 0.846. The Labute approximate surface area is 132 Å². The molecule has 2 aliphatic heterocycles. The molecule has 0 aromatic carbocycles. The molecule has 2 rings (SSSR count). The number of nitrogens with one attached hydrogen (secondary N) is 1. The lowest BCUT2D eigenvalue weighted by Crippen LogP contribution is -2.49. The normalized spacial score (nSPS) is 21.5. The Morgan fingerprint density at radius 3 is 2.23 bits per heavy atom. The Hall–Kier alpha value is -1.30. The Kier molecular flexibility index (Phi) is 5.67. The predicted octanol–water partition coefficient (Wildman–Crippen LogP) is 1.93. The third kappa shape index (κ3) is 5.16. The number of rotatable bonds is 2. The van der Waals surface area contributed by atoms with E-state index in [1.54, 1.807) is 4.90 Å². The summed E-state index contributed by atoms with van der Waals surface area (Å²) in [4.78, 5) is 25.9. The summed E-state index contributed by atoms with van der Waals surface area (Å²) in [6, 6.07) is 0.161. The lowest BCUT2D eigenvalue weighted by atomic mass is 9.97. The monoisotopic (exact) mass is 312 g/mol. The molecule has 6 nitrogen and oxygen atoms in total. The van der Waals surface area contributed by atoms with Gasteiger partial charge in [0.15, 0.2) is 0 Å². The van der Waals surface area contributed by atoms with Gasteiger partial charge in [-0.1, -0.05) is 0 Å². The first kappa shape index (κ1) is 17.1. The lowest BCUT2D eigenvalue weighted by Gasteiger charge is -2.34. The van der Waals surface area contributed by atoms with Crippen molar-refractivity contribution in [3.05, 3.63) is 0 Å². The highest BCUT2D eigenvalue weighted by molar-refractivity contribution is 5.79. The molecule has 1 N–H and O–H groups in total. The minimum absolute atomic E-state index is 0.0811.